The average molecular weight is 513 g/mol. The molecule has 8 heteroatoms. The van der Waals surface area contributed by atoms with Gasteiger partial charge in [0.25, 0.3) is 0 Å². The van der Waals surface area contributed by atoms with Crippen molar-refractivity contribution >= 4 is 35.6 Å². The van der Waals surface area contributed by atoms with Crippen molar-refractivity contribution in [3.8, 4) is 0 Å². The fraction of sp³-hybridized carbons (Fsp3) is 0.429. The highest BCUT2D eigenvalue weighted by atomic mass is 127. The Labute approximate surface area is 188 Å². The molecule has 3 N–H and O–H groups in total. The lowest BCUT2D eigenvalue weighted by Gasteiger charge is -2.31. The van der Waals surface area contributed by atoms with Gasteiger partial charge in [-0.3, -0.25) is 4.98 Å². The monoisotopic (exact) mass is 513 g/mol. The summed E-state index contributed by atoms with van der Waals surface area (Å²) in [6.45, 7) is 5.05. The van der Waals surface area contributed by atoms with Crippen molar-refractivity contribution in [3.63, 3.8) is 0 Å². The van der Waals surface area contributed by atoms with Gasteiger partial charge in [-0.25, -0.2) is 9.38 Å². The van der Waals surface area contributed by atoms with Crippen LogP contribution < -0.4 is 15.5 Å². The predicted molar refractivity (Wildman–Crippen MR) is 125 cm³/mol. The molecule has 1 aliphatic rings. The molecule has 1 aliphatic heterocycles. The summed E-state index contributed by atoms with van der Waals surface area (Å²) in [7, 11) is 0. The molecular weight excluding hydrogens is 484 g/mol. The topological polar surface area (TPSA) is 72.8 Å². The SMILES string of the molecule is CCNC(=NCc1ccc(N2CCC(O)CC2)c(F)c1)NCc1ccccn1.I. The molecule has 0 unspecified atom stereocenters. The van der Waals surface area contributed by atoms with Crippen LogP contribution in [0.1, 0.15) is 31.0 Å². The van der Waals surface area contributed by atoms with Crippen LogP contribution in [-0.4, -0.2) is 41.8 Å². The van der Waals surface area contributed by atoms with Crippen molar-refractivity contribution < 1.29 is 9.50 Å². The Hall–Kier alpha value is -1.94. The first kappa shape index (κ1) is 23.3. The van der Waals surface area contributed by atoms with Gasteiger partial charge in [-0.05, 0) is 49.6 Å². The fourth-order valence-corrected chi connectivity index (χ4v) is 3.20. The number of benzene rings is 1. The summed E-state index contributed by atoms with van der Waals surface area (Å²) in [6.07, 6.45) is 2.85. The number of piperidine rings is 1. The normalized spacial score (nSPS) is 15.0. The van der Waals surface area contributed by atoms with Crippen molar-refractivity contribution in [1.29, 1.82) is 0 Å². The Kier molecular flexibility index (Phi) is 9.59. The first-order valence-electron chi connectivity index (χ1n) is 9.79. The number of guanidine groups is 1. The Bertz CT molecular complexity index is 782. The maximum absolute atomic E-state index is 14.6. The van der Waals surface area contributed by atoms with Gasteiger partial charge in [0.15, 0.2) is 5.96 Å². The van der Waals surface area contributed by atoms with E-state index < -0.39 is 0 Å². The number of aliphatic hydroxyl groups excluding tert-OH is 1. The largest absolute Gasteiger partial charge is 0.393 e. The first-order valence-corrected chi connectivity index (χ1v) is 9.79. The lowest BCUT2D eigenvalue weighted by atomic mass is 10.1. The summed E-state index contributed by atoms with van der Waals surface area (Å²) >= 11 is 0. The van der Waals surface area contributed by atoms with Crippen molar-refractivity contribution in [2.24, 2.45) is 4.99 Å². The van der Waals surface area contributed by atoms with Gasteiger partial charge >= 0.3 is 0 Å². The fourth-order valence-electron chi connectivity index (χ4n) is 3.20. The van der Waals surface area contributed by atoms with E-state index in [4.69, 9.17) is 0 Å². The van der Waals surface area contributed by atoms with Gasteiger partial charge in [0.2, 0.25) is 0 Å². The first-order chi connectivity index (χ1) is 13.7. The maximum atomic E-state index is 14.6. The summed E-state index contributed by atoms with van der Waals surface area (Å²) in [5.41, 5.74) is 2.34. The summed E-state index contributed by atoms with van der Waals surface area (Å²) in [5.74, 6) is 0.429. The summed E-state index contributed by atoms with van der Waals surface area (Å²) in [4.78, 5) is 10.8. The van der Waals surface area contributed by atoms with Crippen LogP contribution in [0.25, 0.3) is 0 Å². The van der Waals surface area contributed by atoms with E-state index in [-0.39, 0.29) is 35.9 Å². The van der Waals surface area contributed by atoms with E-state index in [0.29, 0.717) is 50.7 Å². The van der Waals surface area contributed by atoms with Crippen LogP contribution >= 0.6 is 24.0 Å². The van der Waals surface area contributed by atoms with Crippen LogP contribution in [0.2, 0.25) is 0 Å². The Morgan fingerprint density at radius 1 is 1.24 bits per heavy atom. The number of aliphatic imine (C=N–C) groups is 1. The van der Waals surface area contributed by atoms with Gasteiger partial charge in [0.05, 0.1) is 30.6 Å². The summed E-state index contributed by atoms with van der Waals surface area (Å²) in [5, 5.41) is 16.0. The molecule has 1 aromatic carbocycles. The van der Waals surface area contributed by atoms with Gasteiger partial charge in [-0.1, -0.05) is 12.1 Å². The van der Waals surface area contributed by atoms with E-state index >= 15 is 0 Å². The van der Waals surface area contributed by atoms with Crippen molar-refractivity contribution in [1.82, 2.24) is 15.6 Å². The highest BCUT2D eigenvalue weighted by molar-refractivity contribution is 14.0. The number of pyridine rings is 1. The third kappa shape index (κ3) is 7.11. The summed E-state index contributed by atoms with van der Waals surface area (Å²) < 4.78 is 14.6. The number of nitrogens with one attached hydrogen (secondary N) is 2. The second-order valence-corrected chi connectivity index (χ2v) is 6.87. The molecule has 2 aromatic rings. The molecule has 0 saturated carbocycles. The minimum Gasteiger partial charge on any atom is -0.393 e. The molecule has 1 aromatic heterocycles. The molecule has 6 nitrogen and oxygen atoms in total. The molecule has 2 heterocycles. The van der Waals surface area contributed by atoms with Gasteiger partial charge in [-0.15, -0.1) is 24.0 Å². The third-order valence-electron chi connectivity index (χ3n) is 4.74. The smallest absolute Gasteiger partial charge is 0.191 e. The molecule has 0 amide bonds. The number of rotatable bonds is 6. The van der Waals surface area contributed by atoms with Gasteiger partial charge < -0.3 is 20.6 Å². The Balaban J connectivity index is 0.00000300. The minimum absolute atomic E-state index is 0. The zero-order valence-corrected chi connectivity index (χ0v) is 19.0. The standard InChI is InChI=1S/C21H28FN5O.HI/c1-2-23-21(26-15-17-5-3-4-10-24-17)25-14-16-6-7-20(19(22)13-16)27-11-8-18(28)9-12-27;/h3-7,10,13,18,28H,2,8-9,11-12,14-15H2,1H3,(H2,23,25,26);1H. The molecule has 1 saturated heterocycles. The summed E-state index contributed by atoms with van der Waals surface area (Å²) in [6, 6.07) is 11.0. The maximum Gasteiger partial charge on any atom is 0.191 e. The molecule has 0 radical (unpaired) electrons. The van der Waals surface area contributed by atoms with E-state index in [1.807, 2.05) is 42.2 Å². The number of hydrogen-bond donors (Lipinski definition) is 3. The highest BCUT2D eigenvalue weighted by Crippen LogP contribution is 2.24. The highest BCUT2D eigenvalue weighted by Gasteiger charge is 2.19. The molecule has 0 atom stereocenters. The van der Waals surface area contributed by atoms with Crippen LogP contribution in [0.4, 0.5) is 10.1 Å². The van der Waals surface area contributed by atoms with Crippen LogP contribution in [0, 0.1) is 5.82 Å². The van der Waals surface area contributed by atoms with E-state index in [1.54, 1.807) is 12.3 Å². The molecule has 29 heavy (non-hydrogen) atoms. The second-order valence-electron chi connectivity index (χ2n) is 6.87. The van der Waals surface area contributed by atoms with Crippen LogP contribution in [0.3, 0.4) is 0 Å². The molecule has 1 fully saturated rings. The molecule has 3 rings (SSSR count). The van der Waals surface area contributed by atoms with Gasteiger partial charge in [-0.2, -0.15) is 0 Å². The van der Waals surface area contributed by atoms with Crippen molar-refractivity contribution in [3.05, 3.63) is 59.7 Å². The predicted octanol–water partition coefficient (Wildman–Crippen LogP) is 3.06. The van der Waals surface area contributed by atoms with Crippen LogP contribution in [0.5, 0.6) is 0 Å². The molecule has 158 valence electrons. The van der Waals surface area contributed by atoms with E-state index in [9.17, 15) is 9.50 Å². The Morgan fingerprint density at radius 2 is 2.03 bits per heavy atom. The van der Waals surface area contributed by atoms with Crippen molar-refractivity contribution in [2.75, 3.05) is 24.5 Å². The molecular formula is C21H29FIN5O. The van der Waals surface area contributed by atoms with Crippen LogP contribution in [0.15, 0.2) is 47.6 Å². The number of hydrogen-bond acceptors (Lipinski definition) is 4. The number of aromatic nitrogens is 1. The van der Waals surface area contributed by atoms with Crippen LogP contribution in [-0.2, 0) is 13.1 Å². The molecule has 0 aliphatic carbocycles. The number of aliphatic hydroxyl groups is 1. The number of nitrogens with zero attached hydrogens (tertiary/aromatic N) is 3. The lowest BCUT2D eigenvalue weighted by Crippen LogP contribution is -2.37. The van der Waals surface area contributed by atoms with E-state index in [1.165, 1.54) is 0 Å². The van der Waals surface area contributed by atoms with Crippen molar-refractivity contribution in [2.45, 2.75) is 39.0 Å². The lowest BCUT2D eigenvalue weighted by molar-refractivity contribution is 0.145. The van der Waals surface area contributed by atoms with Gasteiger partial charge in [0.1, 0.15) is 5.82 Å². The Morgan fingerprint density at radius 3 is 2.69 bits per heavy atom. The second kappa shape index (κ2) is 11.9. The molecule has 0 bridgehead atoms. The third-order valence-corrected chi connectivity index (χ3v) is 4.74. The van der Waals surface area contributed by atoms with E-state index in [2.05, 4.69) is 20.6 Å². The number of halogens is 2. The minimum atomic E-state index is -0.268. The zero-order chi connectivity index (χ0) is 19.8. The molecule has 0 spiro atoms. The van der Waals surface area contributed by atoms with E-state index in [0.717, 1.165) is 17.8 Å². The quantitative estimate of drug-likeness (QED) is 0.315. The van der Waals surface area contributed by atoms with Gasteiger partial charge in [0, 0.05) is 25.8 Å². The zero-order valence-electron chi connectivity index (χ0n) is 16.6. The average Bonchev–Trinajstić information content (AvgIpc) is 2.72. The number of anilines is 1.